The molecule has 0 unspecified atom stereocenters. The SMILES string of the molecule is C=C(Br)CNC(=O)c1cccc(COC)c1. The Hall–Kier alpha value is -1.13. The lowest BCUT2D eigenvalue weighted by Gasteiger charge is -2.05. The minimum atomic E-state index is -0.112. The van der Waals surface area contributed by atoms with Crippen LogP contribution in [-0.4, -0.2) is 19.6 Å². The number of carbonyl (C=O) groups is 1. The van der Waals surface area contributed by atoms with E-state index in [2.05, 4.69) is 27.8 Å². The highest BCUT2D eigenvalue weighted by atomic mass is 79.9. The average molecular weight is 284 g/mol. The first-order valence-corrected chi connectivity index (χ1v) is 5.62. The van der Waals surface area contributed by atoms with Crippen LogP contribution in [0.2, 0.25) is 0 Å². The summed E-state index contributed by atoms with van der Waals surface area (Å²) in [6.45, 7) is 4.58. The second-order valence-corrected chi connectivity index (χ2v) is 4.45. The topological polar surface area (TPSA) is 38.3 Å². The Morgan fingerprint density at radius 2 is 2.31 bits per heavy atom. The molecule has 4 heteroatoms. The summed E-state index contributed by atoms with van der Waals surface area (Å²) in [5.74, 6) is -0.112. The van der Waals surface area contributed by atoms with Crippen LogP contribution >= 0.6 is 15.9 Å². The highest BCUT2D eigenvalue weighted by Crippen LogP contribution is 2.07. The first-order chi connectivity index (χ1) is 7.63. The molecule has 0 spiro atoms. The Kier molecular flexibility index (Phi) is 5.22. The molecule has 1 rings (SSSR count). The summed E-state index contributed by atoms with van der Waals surface area (Å²) >= 11 is 3.19. The largest absolute Gasteiger partial charge is 0.380 e. The molecule has 1 aromatic carbocycles. The third-order valence-corrected chi connectivity index (χ3v) is 2.22. The van der Waals surface area contributed by atoms with Crippen molar-refractivity contribution in [1.29, 1.82) is 0 Å². The molecule has 0 aromatic heterocycles. The summed E-state index contributed by atoms with van der Waals surface area (Å²) in [6, 6.07) is 7.34. The molecule has 0 atom stereocenters. The fraction of sp³-hybridized carbons (Fsp3) is 0.250. The molecule has 16 heavy (non-hydrogen) atoms. The van der Waals surface area contributed by atoms with Crippen molar-refractivity contribution in [2.75, 3.05) is 13.7 Å². The van der Waals surface area contributed by atoms with Crippen LogP contribution in [0.5, 0.6) is 0 Å². The van der Waals surface area contributed by atoms with Crippen LogP contribution in [-0.2, 0) is 11.3 Å². The number of ether oxygens (including phenoxy) is 1. The van der Waals surface area contributed by atoms with E-state index >= 15 is 0 Å². The molecule has 0 aliphatic carbocycles. The van der Waals surface area contributed by atoms with Crippen molar-refractivity contribution >= 4 is 21.8 Å². The standard InChI is InChI=1S/C12H14BrNO2/c1-9(13)7-14-12(15)11-5-3-4-10(6-11)8-16-2/h3-6H,1,7-8H2,2H3,(H,14,15). The lowest BCUT2D eigenvalue weighted by atomic mass is 10.1. The summed E-state index contributed by atoms with van der Waals surface area (Å²) in [5.41, 5.74) is 1.61. The molecule has 0 fully saturated rings. The van der Waals surface area contributed by atoms with Gasteiger partial charge in [-0.25, -0.2) is 0 Å². The van der Waals surface area contributed by atoms with E-state index in [1.165, 1.54) is 0 Å². The molecule has 0 bridgehead atoms. The Labute approximate surface area is 104 Å². The van der Waals surface area contributed by atoms with Gasteiger partial charge in [-0.2, -0.15) is 0 Å². The molecule has 0 saturated carbocycles. The van der Waals surface area contributed by atoms with Crippen molar-refractivity contribution in [2.24, 2.45) is 0 Å². The van der Waals surface area contributed by atoms with Gasteiger partial charge in [0.2, 0.25) is 0 Å². The number of methoxy groups -OCH3 is 1. The minimum absolute atomic E-state index is 0.112. The molecule has 1 N–H and O–H groups in total. The maximum atomic E-state index is 11.7. The van der Waals surface area contributed by atoms with Gasteiger partial charge in [0.1, 0.15) is 0 Å². The molecule has 0 saturated heterocycles. The van der Waals surface area contributed by atoms with Crippen molar-refractivity contribution in [3.8, 4) is 0 Å². The number of hydrogen-bond acceptors (Lipinski definition) is 2. The quantitative estimate of drug-likeness (QED) is 0.902. The van der Waals surface area contributed by atoms with Gasteiger partial charge in [0, 0.05) is 23.7 Å². The molecule has 0 aliphatic heterocycles. The summed E-state index contributed by atoms with van der Waals surface area (Å²) < 4.78 is 5.75. The van der Waals surface area contributed by atoms with Gasteiger partial charge < -0.3 is 10.1 Å². The highest BCUT2D eigenvalue weighted by molar-refractivity contribution is 9.11. The number of nitrogens with one attached hydrogen (secondary N) is 1. The van der Waals surface area contributed by atoms with Crippen LogP contribution in [0.1, 0.15) is 15.9 Å². The van der Waals surface area contributed by atoms with Crippen LogP contribution in [0.15, 0.2) is 35.3 Å². The average Bonchev–Trinajstić information content (AvgIpc) is 2.26. The van der Waals surface area contributed by atoms with E-state index in [9.17, 15) is 4.79 Å². The van der Waals surface area contributed by atoms with E-state index in [0.717, 1.165) is 10.0 Å². The van der Waals surface area contributed by atoms with Gasteiger partial charge in [0.15, 0.2) is 0 Å². The zero-order valence-corrected chi connectivity index (χ0v) is 10.7. The summed E-state index contributed by atoms with van der Waals surface area (Å²) in [6.07, 6.45) is 0. The van der Waals surface area contributed by atoms with E-state index in [4.69, 9.17) is 4.74 Å². The molecule has 0 radical (unpaired) electrons. The van der Waals surface area contributed by atoms with Crippen LogP contribution in [0, 0.1) is 0 Å². The van der Waals surface area contributed by atoms with Crippen molar-refractivity contribution in [3.63, 3.8) is 0 Å². The smallest absolute Gasteiger partial charge is 0.251 e. The van der Waals surface area contributed by atoms with Crippen molar-refractivity contribution in [3.05, 3.63) is 46.5 Å². The van der Waals surface area contributed by atoms with Gasteiger partial charge in [-0.1, -0.05) is 34.6 Å². The number of rotatable bonds is 5. The molecular weight excluding hydrogens is 270 g/mol. The number of halogens is 1. The van der Waals surface area contributed by atoms with Crippen molar-refractivity contribution in [1.82, 2.24) is 5.32 Å². The van der Waals surface area contributed by atoms with Crippen molar-refractivity contribution < 1.29 is 9.53 Å². The van der Waals surface area contributed by atoms with E-state index < -0.39 is 0 Å². The fourth-order valence-corrected chi connectivity index (χ4v) is 1.39. The van der Waals surface area contributed by atoms with Crippen LogP contribution in [0.25, 0.3) is 0 Å². The van der Waals surface area contributed by atoms with E-state index in [1.54, 1.807) is 13.2 Å². The second kappa shape index (κ2) is 6.45. The zero-order chi connectivity index (χ0) is 12.0. The zero-order valence-electron chi connectivity index (χ0n) is 9.13. The third kappa shape index (κ3) is 4.16. The Morgan fingerprint density at radius 1 is 1.56 bits per heavy atom. The maximum Gasteiger partial charge on any atom is 0.251 e. The Morgan fingerprint density at radius 3 is 2.94 bits per heavy atom. The Balaban J connectivity index is 2.67. The molecule has 1 aromatic rings. The number of hydrogen-bond donors (Lipinski definition) is 1. The Bertz CT molecular complexity index is 390. The van der Waals surface area contributed by atoms with Gasteiger partial charge >= 0.3 is 0 Å². The summed E-state index contributed by atoms with van der Waals surface area (Å²) in [5, 5.41) is 2.74. The molecule has 0 heterocycles. The summed E-state index contributed by atoms with van der Waals surface area (Å²) in [7, 11) is 1.63. The van der Waals surface area contributed by atoms with Gasteiger partial charge in [-0.05, 0) is 17.7 Å². The molecule has 0 aliphatic rings. The number of carbonyl (C=O) groups excluding carboxylic acids is 1. The molecule has 1 amide bonds. The minimum Gasteiger partial charge on any atom is -0.380 e. The predicted molar refractivity (Wildman–Crippen MR) is 67.6 cm³/mol. The van der Waals surface area contributed by atoms with E-state index in [1.807, 2.05) is 18.2 Å². The summed E-state index contributed by atoms with van der Waals surface area (Å²) in [4.78, 5) is 11.7. The fourth-order valence-electron chi connectivity index (χ4n) is 1.25. The van der Waals surface area contributed by atoms with Gasteiger partial charge in [-0.3, -0.25) is 4.79 Å². The van der Waals surface area contributed by atoms with Crippen LogP contribution in [0.3, 0.4) is 0 Å². The van der Waals surface area contributed by atoms with E-state index in [-0.39, 0.29) is 5.91 Å². The van der Waals surface area contributed by atoms with Gasteiger partial charge in [0.25, 0.3) is 5.91 Å². The monoisotopic (exact) mass is 283 g/mol. The normalized spacial score (nSPS) is 9.88. The maximum absolute atomic E-state index is 11.7. The van der Waals surface area contributed by atoms with Crippen LogP contribution < -0.4 is 5.32 Å². The third-order valence-electron chi connectivity index (χ3n) is 1.94. The first kappa shape index (κ1) is 12.9. The molecule has 86 valence electrons. The van der Waals surface area contributed by atoms with Crippen molar-refractivity contribution in [2.45, 2.75) is 6.61 Å². The molecule has 3 nitrogen and oxygen atoms in total. The lowest BCUT2D eigenvalue weighted by Crippen LogP contribution is -2.24. The highest BCUT2D eigenvalue weighted by Gasteiger charge is 2.05. The predicted octanol–water partition coefficient (Wildman–Crippen LogP) is 2.47. The van der Waals surface area contributed by atoms with Gasteiger partial charge in [0.05, 0.1) is 6.61 Å². The van der Waals surface area contributed by atoms with Crippen LogP contribution in [0.4, 0.5) is 0 Å². The van der Waals surface area contributed by atoms with E-state index in [0.29, 0.717) is 18.7 Å². The molecular formula is C12H14BrNO2. The number of benzene rings is 1. The first-order valence-electron chi connectivity index (χ1n) is 4.83. The lowest BCUT2D eigenvalue weighted by molar-refractivity contribution is 0.0957. The van der Waals surface area contributed by atoms with Gasteiger partial charge in [-0.15, -0.1) is 0 Å². The second-order valence-electron chi connectivity index (χ2n) is 3.33. The number of amides is 1.